The van der Waals surface area contributed by atoms with Gasteiger partial charge in [0.1, 0.15) is 28.8 Å². The average Bonchev–Trinajstić information content (AvgIpc) is 3.18. The first-order chi connectivity index (χ1) is 16.0. The minimum absolute atomic E-state index is 0.184. The molecule has 1 aromatic carbocycles. The van der Waals surface area contributed by atoms with E-state index in [-0.39, 0.29) is 11.7 Å². The van der Waals surface area contributed by atoms with E-state index in [1.54, 1.807) is 18.3 Å². The lowest BCUT2D eigenvalue weighted by atomic mass is 9.98. The summed E-state index contributed by atoms with van der Waals surface area (Å²) >= 11 is -0.691. The number of hydrogen-bond acceptors (Lipinski definition) is 5. The number of pyridine rings is 1. The maximum atomic E-state index is 13.6. The molecule has 2 aromatic heterocycles. The summed E-state index contributed by atoms with van der Waals surface area (Å²) in [5.41, 5.74) is 4.59. The Hall–Kier alpha value is -2.75. The van der Waals surface area contributed by atoms with Gasteiger partial charge in [-0.05, 0) is 42.0 Å². The van der Waals surface area contributed by atoms with Crippen LogP contribution in [0.25, 0.3) is 22.4 Å². The Morgan fingerprint density at radius 1 is 1.15 bits per heavy atom. The van der Waals surface area contributed by atoms with E-state index in [9.17, 15) is 13.7 Å². The molecule has 0 atom stereocenters. The van der Waals surface area contributed by atoms with Crippen molar-refractivity contribution in [1.29, 1.82) is 0 Å². The molecule has 4 heterocycles. The SMILES string of the molecule is CC(=O)Nc1cc(-c2c(-c3ccc(F)cc3)nn3c2CN(C2CC[S+]([O-])CC2)CC3)ccn1. The molecule has 0 radical (unpaired) electrons. The average molecular weight is 468 g/mol. The van der Waals surface area contributed by atoms with Crippen LogP contribution in [-0.4, -0.2) is 54.2 Å². The minimum atomic E-state index is -0.691. The third-order valence-electron chi connectivity index (χ3n) is 6.35. The van der Waals surface area contributed by atoms with Crippen LogP contribution >= 0.6 is 0 Å². The second-order valence-electron chi connectivity index (χ2n) is 8.56. The minimum Gasteiger partial charge on any atom is -0.616 e. The summed E-state index contributed by atoms with van der Waals surface area (Å²) in [5, 5.41) is 7.67. The van der Waals surface area contributed by atoms with Crippen LogP contribution in [0.5, 0.6) is 0 Å². The number of halogens is 1. The summed E-state index contributed by atoms with van der Waals surface area (Å²) in [6.07, 6.45) is 3.57. The number of carbonyl (C=O) groups is 1. The number of amides is 1. The summed E-state index contributed by atoms with van der Waals surface area (Å²) < 4.78 is 27.5. The molecule has 1 amide bonds. The molecule has 0 aliphatic carbocycles. The number of aromatic nitrogens is 3. The Bertz CT molecular complexity index is 1160. The number of benzene rings is 1. The first-order valence-electron chi connectivity index (χ1n) is 11.2. The molecule has 0 spiro atoms. The van der Waals surface area contributed by atoms with Gasteiger partial charge in [0.2, 0.25) is 5.91 Å². The zero-order valence-electron chi connectivity index (χ0n) is 18.5. The van der Waals surface area contributed by atoms with Crippen molar-refractivity contribution in [1.82, 2.24) is 19.7 Å². The van der Waals surface area contributed by atoms with Crippen LogP contribution in [0.15, 0.2) is 42.6 Å². The van der Waals surface area contributed by atoms with Crippen molar-refractivity contribution < 1.29 is 13.7 Å². The largest absolute Gasteiger partial charge is 0.616 e. The van der Waals surface area contributed by atoms with E-state index in [1.165, 1.54) is 19.1 Å². The van der Waals surface area contributed by atoms with E-state index in [4.69, 9.17) is 5.10 Å². The quantitative estimate of drug-likeness (QED) is 0.594. The van der Waals surface area contributed by atoms with E-state index in [1.807, 2.05) is 16.8 Å². The van der Waals surface area contributed by atoms with Gasteiger partial charge in [-0.2, -0.15) is 5.10 Å². The molecular formula is C24H26FN5O2S. The summed E-state index contributed by atoms with van der Waals surface area (Å²) in [7, 11) is 0. The predicted molar refractivity (Wildman–Crippen MR) is 126 cm³/mol. The van der Waals surface area contributed by atoms with Gasteiger partial charge in [-0.1, -0.05) is 11.2 Å². The first-order valence-corrected chi connectivity index (χ1v) is 12.7. The van der Waals surface area contributed by atoms with Gasteiger partial charge >= 0.3 is 0 Å². The zero-order valence-corrected chi connectivity index (χ0v) is 19.3. The Morgan fingerprint density at radius 3 is 2.64 bits per heavy atom. The van der Waals surface area contributed by atoms with Crippen LogP contribution in [0.1, 0.15) is 25.5 Å². The van der Waals surface area contributed by atoms with Gasteiger partial charge in [0, 0.05) is 56.2 Å². The molecule has 0 unspecified atom stereocenters. The number of hydrogen-bond donors (Lipinski definition) is 1. The standard InChI is InChI=1S/C24H26FN5O2S/c1-16(31)27-22-14-18(6-9-26-22)23-21-15-29(20-7-12-33(32)13-8-20)10-11-30(21)28-24(23)17-2-4-19(25)5-3-17/h2-6,9,14,20H,7-8,10-13,15H2,1H3,(H,26,27,31). The third kappa shape index (κ3) is 4.66. The third-order valence-corrected chi connectivity index (χ3v) is 7.74. The molecule has 1 N–H and O–H groups in total. The topological polar surface area (TPSA) is 86.1 Å². The number of nitrogens with one attached hydrogen (secondary N) is 1. The fourth-order valence-corrected chi connectivity index (χ4v) is 6.02. The smallest absolute Gasteiger partial charge is 0.222 e. The molecule has 2 aliphatic rings. The van der Waals surface area contributed by atoms with E-state index >= 15 is 0 Å². The van der Waals surface area contributed by atoms with E-state index < -0.39 is 11.2 Å². The second kappa shape index (κ2) is 9.24. The number of nitrogens with zero attached hydrogens (tertiary/aromatic N) is 4. The molecule has 172 valence electrons. The van der Waals surface area contributed by atoms with Crippen molar-refractivity contribution in [2.24, 2.45) is 0 Å². The maximum absolute atomic E-state index is 13.6. The van der Waals surface area contributed by atoms with Crippen molar-refractivity contribution in [2.75, 3.05) is 23.4 Å². The van der Waals surface area contributed by atoms with Crippen LogP contribution in [0.4, 0.5) is 10.2 Å². The van der Waals surface area contributed by atoms with Crippen molar-refractivity contribution in [2.45, 2.75) is 38.9 Å². The molecule has 0 bridgehead atoms. The molecule has 33 heavy (non-hydrogen) atoms. The van der Waals surface area contributed by atoms with Crippen molar-refractivity contribution in [3.8, 4) is 22.4 Å². The molecule has 1 saturated heterocycles. The lowest BCUT2D eigenvalue weighted by Crippen LogP contribution is -2.45. The molecule has 9 heteroatoms. The molecule has 0 saturated carbocycles. The molecule has 3 aromatic rings. The number of carbonyl (C=O) groups excluding carboxylic acids is 1. The fraction of sp³-hybridized carbons (Fsp3) is 0.375. The molecule has 7 nitrogen and oxygen atoms in total. The normalized spacial score (nSPS) is 20.9. The summed E-state index contributed by atoms with van der Waals surface area (Å²) in [5.74, 6) is 1.53. The maximum Gasteiger partial charge on any atom is 0.222 e. The lowest BCUT2D eigenvalue weighted by Gasteiger charge is -2.37. The Balaban J connectivity index is 1.57. The van der Waals surface area contributed by atoms with Crippen LogP contribution in [0.3, 0.4) is 0 Å². The highest BCUT2D eigenvalue weighted by Crippen LogP contribution is 2.38. The van der Waals surface area contributed by atoms with Crippen LogP contribution < -0.4 is 5.32 Å². The number of fused-ring (bicyclic) bond motifs is 1. The second-order valence-corrected chi connectivity index (χ2v) is 10.3. The van der Waals surface area contributed by atoms with E-state index in [0.29, 0.717) is 11.9 Å². The van der Waals surface area contributed by atoms with Gasteiger partial charge in [-0.15, -0.1) is 0 Å². The van der Waals surface area contributed by atoms with E-state index in [2.05, 4.69) is 15.2 Å². The predicted octanol–water partition coefficient (Wildman–Crippen LogP) is 3.44. The van der Waals surface area contributed by atoms with Crippen LogP contribution in [0, 0.1) is 5.82 Å². The van der Waals surface area contributed by atoms with Gasteiger partial charge in [-0.3, -0.25) is 14.4 Å². The van der Waals surface area contributed by atoms with Gasteiger partial charge in [0.25, 0.3) is 0 Å². The van der Waals surface area contributed by atoms with Crippen LogP contribution in [0.2, 0.25) is 0 Å². The highest BCUT2D eigenvalue weighted by molar-refractivity contribution is 7.91. The number of rotatable bonds is 4. The zero-order chi connectivity index (χ0) is 22.9. The number of anilines is 1. The Morgan fingerprint density at radius 2 is 1.91 bits per heavy atom. The van der Waals surface area contributed by atoms with Crippen molar-refractivity contribution in [3.05, 3.63) is 54.1 Å². The van der Waals surface area contributed by atoms with Crippen molar-refractivity contribution >= 4 is 22.9 Å². The Kier molecular flexibility index (Phi) is 6.18. The summed E-state index contributed by atoms with van der Waals surface area (Å²) in [6.45, 7) is 3.84. The summed E-state index contributed by atoms with van der Waals surface area (Å²) in [4.78, 5) is 18.3. The van der Waals surface area contributed by atoms with Crippen LogP contribution in [-0.2, 0) is 29.1 Å². The fourth-order valence-electron chi connectivity index (χ4n) is 4.74. The highest BCUT2D eigenvalue weighted by Gasteiger charge is 2.32. The monoisotopic (exact) mass is 467 g/mol. The van der Waals surface area contributed by atoms with Gasteiger partial charge < -0.3 is 9.87 Å². The highest BCUT2D eigenvalue weighted by atomic mass is 32.2. The van der Waals surface area contributed by atoms with Gasteiger partial charge in [-0.25, -0.2) is 9.37 Å². The van der Waals surface area contributed by atoms with Gasteiger partial charge in [0.15, 0.2) is 0 Å². The van der Waals surface area contributed by atoms with Crippen molar-refractivity contribution in [3.63, 3.8) is 0 Å². The van der Waals surface area contributed by atoms with E-state index in [0.717, 1.165) is 72.1 Å². The molecule has 1 fully saturated rings. The molecule has 5 rings (SSSR count). The molecular weight excluding hydrogens is 441 g/mol. The first kappa shape index (κ1) is 22.1. The Labute approximate surface area is 195 Å². The molecule has 2 aliphatic heterocycles. The van der Waals surface area contributed by atoms with Gasteiger partial charge in [0.05, 0.1) is 12.2 Å². The lowest BCUT2D eigenvalue weighted by molar-refractivity contribution is -0.114. The summed E-state index contributed by atoms with van der Waals surface area (Å²) in [6, 6.07) is 10.6.